The van der Waals surface area contributed by atoms with Crippen LogP contribution in [-0.2, 0) is 11.8 Å². The van der Waals surface area contributed by atoms with Gasteiger partial charge in [0.15, 0.2) is 0 Å². The number of aromatic nitrogens is 2. The van der Waals surface area contributed by atoms with Crippen LogP contribution in [0.4, 0.5) is 0 Å². The Balaban J connectivity index is 1.87. The average molecular weight is 257 g/mol. The molecule has 3 rings (SSSR count). The number of benzene rings is 1. The zero-order valence-electron chi connectivity index (χ0n) is 12.1. The van der Waals surface area contributed by atoms with Crippen LogP contribution in [0.1, 0.15) is 45.0 Å². The van der Waals surface area contributed by atoms with Crippen LogP contribution in [-0.4, -0.2) is 22.6 Å². The molecule has 1 saturated heterocycles. The number of fused-ring (bicyclic) bond motifs is 1. The van der Waals surface area contributed by atoms with Gasteiger partial charge in [-0.2, -0.15) is 0 Å². The van der Waals surface area contributed by atoms with Crippen LogP contribution in [0, 0.1) is 0 Å². The SMILES string of the molecule is CC(C)(C)c1nc2ccc(CC3CCCN3)cc2[nH]1. The third-order valence-corrected chi connectivity index (χ3v) is 3.90. The number of rotatable bonds is 2. The number of nitrogens with zero attached hydrogens (tertiary/aromatic N) is 1. The Hall–Kier alpha value is -1.35. The fraction of sp³-hybridized carbons (Fsp3) is 0.562. The highest BCUT2D eigenvalue weighted by atomic mass is 14.9. The van der Waals surface area contributed by atoms with Crippen LogP contribution >= 0.6 is 0 Å². The van der Waals surface area contributed by atoms with Crippen LogP contribution in [0.25, 0.3) is 11.0 Å². The zero-order chi connectivity index (χ0) is 13.5. The summed E-state index contributed by atoms with van der Waals surface area (Å²) in [6, 6.07) is 7.28. The van der Waals surface area contributed by atoms with E-state index in [1.54, 1.807) is 0 Å². The van der Waals surface area contributed by atoms with Crippen molar-refractivity contribution in [2.75, 3.05) is 6.54 Å². The third kappa shape index (κ3) is 2.66. The van der Waals surface area contributed by atoms with Gasteiger partial charge < -0.3 is 10.3 Å². The van der Waals surface area contributed by atoms with Crippen molar-refractivity contribution in [1.82, 2.24) is 15.3 Å². The average Bonchev–Trinajstić information content (AvgIpc) is 2.95. The van der Waals surface area contributed by atoms with Gasteiger partial charge in [-0.1, -0.05) is 26.8 Å². The minimum Gasteiger partial charge on any atom is -0.342 e. The van der Waals surface area contributed by atoms with E-state index >= 15 is 0 Å². The van der Waals surface area contributed by atoms with Gasteiger partial charge in [-0.25, -0.2) is 4.98 Å². The second-order valence-corrected chi connectivity index (χ2v) is 6.68. The van der Waals surface area contributed by atoms with Gasteiger partial charge in [0, 0.05) is 11.5 Å². The summed E-state index contributed by atoms with van der Waals surface area (Å²) in [5.41, 5.74) is 3.72. The maximum atomic E-state index is 4.69. The van der Waals surface area contributed by atoms with Crippen LogP contribution in [0.15, 0.2) is 18.2 Å². The Bertz CT molecular complexity index is 571. The Labute approximate surface area is 114 Å². The van der Waals surface area contributed by atoms with E-state index in [0.29, 0.717) is 6.04 Å². The largest absolute Gasteiger partial charge is 0.342 e. The predicted molar refractivity (Wildman–Crippen MR) is 79.5 cm³/mol. The first-order valence-electron chi connectivity index (χ1n) is 7.25. The Morgan fingerprint density at radius 1 is 1.32 bits per heavy atom. The maximum Gasteiger partial charge on any atom is 0.112 e. The first kappa shape index (κ1) is 12.7. The van der Waals surface area contributed by atoms with Crippen molar-refractivity contribution in [2.24, 2.45) is 0 Å². The Morgan fingerprint density at radius 3 is 2.84 bits per heavy atom. The van der Waals surface area contributed by atoms with Crippen LogP contribution in [0.5, 0.6) is 0 Å². The van der Waals surface area contributed by atoms with E-state index < -0.39 is 0 Å². The molecule has 2 aromatic rings. The number of imidazole rings is 1. The van der Waals surface area contributed by atoms with Crippen molar-refractivity contribution in [1.29, 1.82) is 0 Å². The summed E-state index contributed by atoms with van der Waals surface area (Å²) < 4.78 is 0. The van der Waals surface area contributed by atoms with E-state index in [2.05, 4.69) is 54.3 Å². The molecule has 102 valence electrons. The normalized spacial score (nSPS) is 20.3. The van der Waals surface area contributed by atoms with Crippen molar-refractivity contribution in [3.8, 4) is 0 Å². The summed E-state index contributed by atoms with van der Waals surface area (Å²) in [4.78, 5) is 8.16. The van der Waals surface area contributed by atoms with Gasteiger partial charge in [-0.05, 0) is 43.5 Å². The lowest BCUT2D eigenvalue weighted by Gasteiger charge is -2.13. The molecule has 0 bridgehead atoms. The molecule has 2 heterocycles. The molecule has 1 atom stereocenters. The maximum absolute atomic E-state index is 4.69. The molecule has 1 aromatic carbocycles. The highest BCUT2D eigenvalue weighted by Crippen LogP contribution is 2.23. The molecule has 1 aliphatic heterocycles. The molecule has 19 heavy (non-hydrogen) atoms. The van der Waals surface area contributed by atoms with Gasteiger partial charge in [-0.15, -0.1) is 0 Å². The molecule has 0 saturated carbocycles. The quantitative estimate of drug-likeness (QED) is 0.867. The van der Waals surface area contributed by atoms with E-state index in [9.17, 15) is 0 Å². The lowest BCUT2D eigenvalue weighted by Crippen LogP contribution is -2.23. The minimum absolute atomic E-state index is 0.0756. The molecule has 1 aromatic heterocycles. The van der Waals surface area contributed by atoms with Crippen molar-refractivity contribution in [3.05, 3.63) is 29.6 Å². The summed E-state index contributed by atoms with van der Waals surface area (Å²) in [6.07, 6.45) is 3.74. The van der Waals surface area contributed by atoms with Crippen molar-refractivity contribution in [3.63, 3.8) is 0 Å². The smallest absolute Gasteiger partial charge is 0.112 e. The topological polar surface area (TPSA) is 40.7 Å². The molecule has 2 N–H and O–H groups in total. The molecular weight excluding hydrogens is 234 g/mol. The molecule has 0 radical (unpaired) electrons. The van der Waals surface area contributed by atoms with Crippen LogP contribution in [0.3, 0.4) is 0 Å². The van der Waals surface area contributed by atoms with Gasteiger partial charge in [-0.3, -0.25) is 0 Å². The summed E-state index contributed by atoms with van der Waals surface area (Å²) >= 11 is 0. The van der Waals surface area contributed by atoms with Crippen LogP contribution in [0.2, 0.25) is 0 Å². The van der Waals surface area contributed by atoms with Gasteiger partial charge in [0.1, 0.15) is 5.82 Å². The Kier molecular flexibility index (Phi) is 3.09. The first-order chi connectivity index (χ1) is 9.02. The van der Waals surface area contributed by atoms with Crippen LogP contribution < -0.4 is 5.32 Å². The number of hydrogen-bond donors (Lipinski definition) is 2. The molecule has 3 heteroatoms. The molecule has 0 spiro atoms. The monoisotopic (exact) mass is 257 g/mol. The second-order valence-electron chi connectivity index (χ2n) is 6.68. The number of aromatic amines is 1. The molecule has 0 amide bonds. The summed E-state index contributed by atoms with van der Waals surface area (Å²) in [5, 5.41) is 3.56. The van der Waals surface area contributed by atoms with Crippen molar-refractivity contribution < 1.29 is 0 Å². The number of nitrogens with one attached hydrogen (secondary N) is 2. The Morgan fingerprint density at radius 2 is 2.16 bits per heavy atom. The molecule has 1 unspecified atom stereocenters. The van der Waals surface area contributed by atoms with E-state index in [0.717, 1.165) is 17.8 Å². The highest BCUT2D eigenvalue weighted by Gasteiger charge is 2.19. The van der Waals surface area contributed by atoms with E-state index in [-0.39, 0.29) is 5.41 Å². The van der Waals surface area contributed by atoms with E-state index in [4.69, 9.17) is 0 Å². The lowest BCUT2D eigenvalue weighted by atomic mass is 9.96. The first-order valence-corrected chi connectivity index (χ1v) is 7.25. The fourth-order valence-electron chi connectivity index (χ4n) is 2.75. The second kappa shape index (κ2) is 4.64. The fourth-order valence-corrected chi connectivity index (χ4v) is 2.75. The highest BCUT2D eigenvalue weighted by molar-refractivity contribution is 5.76. The van der Waals surface area contributed by atoms with Gasteiger partial charge in [0.2, 0.25) is 0 Å². The summed E-state index contributed by atoms with van der Waals surface area (Å²) in [6.45, 7) is 7.74. The number of hydrogen-bond acceptors (Lipinski definition) is 2. The van der Waals surface area contributed by atoms with Crippen molar-refractivity contribution >= 4 is 11.0 Å². The van der Waals surface area contributed by atoms with Gasteiger partial charge in [0.05, 0.1) is 11.0 Å². The molecule has 1 fully saturated rings. The third-order valence-electron chi connectivity index (χ3n) is 3.90. The lowest BCUT2D eigenvalue weighted by molar-refractivity contribution is 0.554. The molecule has 3 nitrogen and oxygen atoms in total. The molecule has 0 aliphatic carbocycles. The summed E-state index contributed by atoms with van der Waals surface area (Å²) in [5.74, 6) is 1.07. The molecular formula is C16H23N3. The molecule has 1 aliphatic rings. The van der Waals surface area contributed by atoms with E-state index in [1.807, 2.05) is 0 Å². The van der Waals surface area contributed by atoms with Gasteiger partial charge in [0.25, 0.3) is 0 Å². The van der Waals surface area contributed by atoms with Crippen molar-refractivity contribution in [2.45, 2.75) is 51.5 Å². The van der Waals surface area contributed by atoms with Gasteiger partial charge >= 0.3 is 0 Å². The standard InChI is InChI=1S/C16H23N3/c1-16(2,3)15-18-13-7-6-11(10-14(13)19-15)9-12-5-4-8-17-12/h6-7,10,12,17H,4-5,8-9H2,1-3H3,(H,18,19). The predicted octanol–water partition coefficient (Wildman–Crippen LogP) is 3.15. The minimum atomic E-state index is 0.0756. The number of H-pyrrole nitrogens is 1. The zero-order valence-corrected chi connectivity index (χ0v) is 12.1. The van der Waals surface area contributed by atoms with E-state index in [1.165, 1.54) is 30.5 Å². The summed E-state index contributed by atoms with van der Waals surface area (Å²) in [7, 11) is 0.